The molecule has 1 saturated heterocycles. The lowest BCUT2D eigenvalue weighted by atomic mass is 10.1. The average molecular weight is 273 g/mol. The number of fused-ring (bicyclic) bond motifs is 1. The molecule has 0 unspecified atom stereocenters. The van der Waals surface area contributed by atoms with E-state index in [4.69, 9.17) is 0 Å². The molecule has 2 N–H and O–H groups in total. The van der Waals surface area contributed by atoms with E-state index in [2.05, 4.69) is 15.5 Å². The molecule has 0 bridgehead atoms. The zero-order valence-electron chi connectivity index (χ0n) is 12.0. The zero-order valence-corrected chi connectivity index (χ0v) is 12.0. The third-order valence-electron chi connectivity index (χ3n) is 4.21. The molecular formula is C16H23N3O. The summed E-state index contributed by atoms with van der Waals surface area (Å²) in [5, 5.41) is 6.34. The molecule has 2 heterocycles. The van der Waals surface area contributed by atoms with Gasteiger partial charge in [-0.15, -0.1) is 0 Å². The van der Waals surface area contributed by atoms with Crippen molar-refractivity contribution in [3.63, 3.8) is 0 Å². The molecule has 1 amide bonds. The fourth-order valence-electron chi connectivity index (χ4n) is 3.06. The Morgan fingerprint density at radius 2 is 2.15 bits per heavy atom. The number of nitrogens with one attached hydrogen (secondary N) is 2. The zero-order chi connectivity index (χ0) is 13.8. The van der Waals surface area contributed by atoms with Gasteiger partial charge in [0.25, 0.3) is 5.91 Å². The summed E-state index contributed by atoms with van der Waals surface area (Å²) in [7, 11) is 0. The Morgan fingerprint density at radius 1 is 1.30 bits per heavy atom. The summed E-state index contributed by atoms with van der Waals surface area (Å²) < 4.78 is 0. The van der Waals surface area contributed by atoms with Gasteiger partial charge in [0.05, 0.1) is 0 Å². The smallest absolute Gasteiger partial charge is 0.251 e. The summed E-state index contributed by atoms with van der Waals surface area (Å²) in [4.78, 5) is 14.6. The summed E-state index contributed by atoms with van der Waals surface area (Å²) in [6.07, 6.45) is 4.72. The Bertz CT molecular complexity index is 481. The summed E-state index contributed by atoms with van der Waals surface area (Å²) in [5.41, 5.74) is 3.22. The molecule has 4 heteroatoms. The first-order valence-electron chi connectivity index (χ1n) is 7.70. The number of carbonyl (C=O) groups is 1. The summed E-state index contributed by atoms with van der Waals surface area (Å²) >= 11 is 0. The van der Waals surface area contributed by atoms with Crippen LogP contribution in [0.1, 0.15) is 35.2 Å². The van der Waals surface area contributed by atoms with Gasteiger partial charge in [-0.25, -0.2) is 0 Å². The number of anilines is 1. The van der Waals surface area contributed by atoms with E-state index >= 15 is 0 Å². The van der Waals surface area contributed by atoms with Crippen LogP contribution in [0, 0.1) is 0 Å². The molecule has 0 saturated carbocycles. The Hall–Kier alpha value is -1.55. The monoisotopic (exact) mass is 273 g/mol. The number of nitrogens with zero attached hydrogens (tertiary/aromatic N) is 1. The van der Waals surface area contributed by atoms with E-state index in [1.54, 1.807) is 0 Å². The molecule has 0 atom stereocenters. The van der Waals surface area contributed by atoms with Gasteiger partial charge in [-0.05, 0) is 69.1 Å². The molecule has 4 nitrogen and oxygen atoms in total. The van der Waals surface area contributed by atoms with Crippen molar-refractivity contribution in [2.45, 2.75) is 25.7 Å². The van der Waals surface area contributed by atoms with Crippen LogP contribution in [0.4, 0.5) is 5.69 Å². The molecule has 3 rings (SSSR count). The number of carbonyl (C=O) groups excluding carboxylic acids is 1. The van der Waals surface area contributed by atoms with Gasteiger partial charge in [0, 0.05) is 24.3 Å². The maximum Gasteiger partial charge on any atom is 0.251 e. The van der Waals surface area contributed by atoms with E-state index in [0.29, 0.717) is 0 Å². The van der Waals surface area contributed by atoms with Crippen LogP contribution in [0.3, 0.4) is 0 Å². The largest absolute Gasteiger partial charge is 0.384 e. The molecule has 2 aliphatic rings. The standard InChI is InChI=1S/C16H23N3O/c20-16(18-7-3-11-19-9-1-2-10-19)14-4-5-15-13(12-14)6-8-17-15/h4-5,12,17H,1-3,6-11H2,(H,18,20). The van der Waals surface area contributed by atoms with Crippen LogP contribution in [0.15, 0.2) is 18.2 Å². The third kappa shape index (κ3) is 3.12. The van der Waals surface area contributed by atoms with Crippen LogP contribution in [-0.4, -0.2) is 43.5 Å². The first-order chi connectivity index (χ1) is 9.83. The van der Waals surface area contributed by atoms with Gasteiger partial charge in [0.15, 0.2) is 0 Å². The number of amides is 1. The van der Waals surface area contributed by atoms with Gasteiger partial charge < -0.3 is 15.5 Å². The van der Waals surface area contributed by atoms with Crippen LogP contribution in [-0.2, 0) is 6.42 Å². The van der Waals surface area contributed by atoms with Crippen molar-refractivity contribution in [2.24, 2.45) is 0 Å². The molecule has 0 aromatic heterocycles. The average Bonchev–Trinajstić information content (AvgIpc) is 3.13. The Balaban J connectivity index is 1.44. The van der Waals surface area contributed by atoms with E-state index in [9.17, 15) is 4.79 Å². The Morgan fingerprint density at radius 3 is 3.00 bits per heavy atom. The Kier molecular flexibility index (Phi) is 4.21. The quantitative estimate of drug-likeness (QED) is 0.805. The second-order valence-electron chi connectivity index (χ2n) is 5.71. The molecule has 1 fully saturated rings. The fourth-order valence-corrected chi connectivity index (χ4v) is 3.06. The molecule has 20 heavy (non-hydrogen) atoms. The number of benzene rings is 1. The highest BCUT2D eigenvalue weighted by molar-refractivity contribution is 5.95. The second kappa shape index (κ2) is 6.27. The highest BCUT2D eigenvalue weighted by Crippen LogP contribution is 2.22. The molecule has 0 spiro atoms. The summed E-state index contributed by atoms with van der Waals surface area (Å²) in [5.74, 6) is 0.0566. The predicted molar refractivity (Wildman–Crippen MR) is 81.3 cm³/mol. The van der Waals surface area contributed by atoms with Crippen LogP contribution >= 0.6 is 0 Å². The van der Waals surface area contributed by atoms with E-state index in [0.717, 1.165) is 38.0 Å². The maximum atomic E-state index is 12.1. The van der Waals surface area contributed by atoms with Crippen LogP contribution in [0.25, 0.3) is 0 Å². The topological polar surface area (TPSA) is 44.4 Å². The van der Waals surface area contributed by atoms with Gasteiger partial charge in [-0.3, -0.25) is 4.79 Å². The van der Waals surface area contributed by atoms with Gasteiger partial charge in [0.1, 0.15) is 0 Å². The molecule has 1 aromatic carbocycles. The van der Waals surface area contributed by atoms with E-state index in [-0.39, 0.29) is 5.91 Å². The predicted octanol–water partition coefficient (Wildman–Crippen LogP) is 1.87. The lowest BCUT2D eigenvalue weighted by molar-refractivity contribution is 0.0952. The molecular weight excluding hydrogens is 250 g/mol. The van der Waals surface area contributed by atoms with Crippen LogP contribution < -0.4 is 10.6 Å². The van der Waals surface area contributed by atoms with Crippen molar-refractivity contribution in [3.8, 4) is 0 Å². The lowest BCUT2D eigenvalue weighted by Gasteiger charge is -2.14. The van der Waals surface area contributed by atoms with Crippen molar-refractivity contribution >= 4 is 11.6 Å². The molecule has 0 radical (unpaired) electrons. The van der Waals surface area contributed by atoms with Crippen molar-refractivity contribution in [2.75, 3.05) is 38.0 Å². The number of rotatable bonds is 5. The summed E-state index contributed by atoms with van der Waals surface area (Å²) in [6, 6.07) is 5.94. The molecule has 108 valence electrons. The van der Waals surface area contributed by atoms with Crippen LogP contribution in [0.2, 0.25) is 0 Å². The second-order valence-corrected chi connectivity index (χ2v) is 5.71. The molecule has 2 aliphatic heterocycles. The Labute approximate surface area is 120 Å². The fraction of sp³-hybridized carbons (Fsp3) is 0.562. The minimum atomic E-state index is 0.0566. The third-order valence-corrected chi connectivity index (χ3v) is 4.21. The van der Waals surface area contributed by atoms with Crippen molar-refractivity contribution in [3.05, 3.63) is 29.3 Å². The maximum absolute atomic E-state index is 12.1. The van der Waals surface area contributed by atoms with Gasteiger partial charge in [-0.1, -0.05) is 0 Å². The van der Waals surface area contributed by atoms with Gasteiger partial charge in [-0.2, -0.15) is 0 Å². The van der Waals surface area contributed by atoms with Gasteiger partial charge >= 0.3 is 0 Å². The van der Waals surface area contributed by atoms with E-state index in [1.807, 2.05) is 18.2 Å². The SMILES string of the molecule is O=C(NCCCN1CCCC1)c1ccc2c(c1)CCN2. The van der Waals surface area contributed by atoms with Crippen LogP contribution in [0.5, 0.6) is 0 Å². The number of hydrogen-bond acceptors (Lipinski definition) is 3. The van der Waals surface area contributed by atoms with E-state index < -0.39 is 0 Å². The molecule has 0 aliphatic carbocycles. The van der Waals surface area contributed by atoms with Crippen molar-refractivity contribution < 1.29 is 4.79 Å². The van der Waals surface area contributed by atoms with Gasteiger partial charge in [0.2, 0.25) is 0 Å². The first-order valence-corrected chi connectivity index (χ1v) is 7.70. The number of likely N-dealkylation sites (tertiary alicyclic amines) is 1. The highest BCUT2D eigenvalue weighted by atomic mass is 16.1. The lowest BCUT2D eigenvalue weighted by Crippen LogP contribution is -2.28. The van der Waals surface area contributed by atoms with E-state index in [1.165, 1.54) is 37.2 Å². The number of hydrogen-bond donors (Lipinski definition) is 2. The highest BCUT2D eigenvalue weighted by Gasteiger charge is 2.14. The minimum absolute atomic E-state index is 0.0566. The van der Waals surface area contributed by atoms with Crippen molar-refractivity contribution in [1.82, 2.24) is 10.2 Å². The summed E-state index contributed by atoms with van der Waals surface area (Å²) in [6.45, 7) is 5.31. The normalized spacial score (nSPS) is 17.8. The minimum Gasteiger partial charge on any atom is -0.384 e. The molecule has 1 aromatic rings. The first kappa shape index (κ1) is 13.4. The van der Waals surface area contributed by atoms with Crippen molar-refractivity contribution in [1.29, 1.82) is 0 Å².